The van der Waals surface area contributed by atoms with Crippen LogP contribution in [0.5, 0.6) is 0 Å². The van der Waals surface area contributed by atoms with E-state index in [0.717, 1.165) is 26.5 Å². The van der Waals surface area contributed by atoms with E-state index in [1.165, 1.54) is 11.8 Å². The number of amides is 6. The highest BCUT2D eigenvalue weighted by molar-refractivity contribution is 8.03. The van der Waals surface area contributed by atoms with Gasteiger partial charge < -0.3 is 47.8 Å². The molecule has 0 radical (unpaired) electrons. The summed E-state index contributed by atoms with van der Waals surface area (Å²) in [6.07, 6.45) is -1.38. The molecule has 7 atom stereocenters. The number of thioether (sulfide) groups is 1. The third-order valence-corrected chi connectivity index (χ3v) is 10.9. The van der Waals surface area contributed by atoms with Crippen molar-refractivity contribution < 1.29 is 48.6 Å². The SMILES string of the molecule is CC[C@H](C)[C@@H]1NC(=O)CCC(=O)[C@H](N)CC2=C(Cc3ccccc32)SC[C@H](C(=O)N[C@@H](CC(N)=O)C(=O)N2C[C@H](O)C[C@H]2C(=O)O)NC(=O)CNC1=O. The van der Waals surface area contributed by atoms with Gasteiger partial charge in [0.2, 0.25) is 35.4 Å². The van der Waals surface area contributed by atoms with Crippen LogP contribution in [0.4, 0.5) is 0 Å². The first kappa shape index (κ1) is 41.0. The number of Topliss-reactive ketones (excluding diaryl/α,β-unsaturated/α-hetero) is 1. The number of rotatable bonds is 8. The van der Waals surface area contributed by atoms with Crippen molar-refractivity contribution in [3.05, 3.63) is 40.3 Å². The number of primary amides is 1. The van der Waals surface area contributed by atoms with Crippen LogP contribution < -0.4 is 32.7 Å². The molecule has 0 aromatic heterocycles. The van der Waals surface area contributed by atoms with Crippen molar-refractivity contribution in [1.82, 2.24) is 26.2 Å². The van der Waals surface area contributed by atoms with Crippen molar-refractivity contribution in [3.63, 3.8) is 0 Å². The minimum atomic E-state index is -1.63. The summed E-state index contributed by atoms with van der Waals surface area (Å²) in [4.78, 5) is 105. The van der Waals surface area contributed by atoms with Gasteiger partial charge in [0.1, 0.15) is 30.0 Å². The molecule has 3 aliphatic rings. The maximum Gasteiger partial charge on any atom is 0.326 e. The standard InChI is InChI=1S/C35H47N7O10S/c1-3-17(2)31-33(49)38-14-30(47)39-24(32(48)40-23(13-28(37)45)34(50)42-15-19(43)11-25(42)35(51)52)16-53-27-10-18-6-4-5-7-20(18)21(27)12-22(36)26(44)8-9-29(46)41-31/h4-7,17,19,22-25,31,43H,3,8-16,36H2,1-2H3,(H2,37,45)(H,38,49)(H,39,47)(H,40,48)(H,41,46)(H,51,52)/t17-,19+,22+,23-,24+,25-,31-/m0/s1. The molecule has 0 bridgehead atoms. The number of hydrogen-bond acceptors (Lipinski definition) is 11. The fourth-order valence-electron chi connectivity index (χ4n) is 6.52. The monoisotopic (exact) mass is 757 g/mol. The quantitative estimate of drug-likeness (QED) is 0.148. The first-order valence-corrected chi connectivity index (χ1v) is 18.5. The van der Waals surface area contributed by atoms with E-state index in [2.05, 4.69) is 21.3 Å². The largest absolute Gasteiger partial charge is 0.480 e. The number of allylic oxidation sites excluding steroid dienone is 1. The Morgan fingerprint density at radius 3 is 2.47 bits per heavy atom. The Labute approximate surface area is 310 Å². The number of carbonyl (C=O) groups excluding carboxylic acids is 7. The van der Waals surface area contributed by atoms with Crippen molar-refractivity contribution in [1.29, 1.82) is 0 Å². The molecule has 53 heavy (non-hydrogen) atoms. The molecule has 1 aromatic carbocycles. The van der Waals surface area contributed by atoms with Crippen LogP contribution in [0.15, 0.2) is 29.2 Å². The number of carboxylic acid groups (broad SMARTS) is 1. The predicted molar refractivity (Wildman–Crippen MR) is 192 cm³/mol. The number of carboxylic acids is 1. The lowest BCUT2D eigenvalue weighted by atomic mass is 9.96. The van der Waals surface area contributed by atoms with E-state index in [9.17, 15) is 48.6 Å². The number of aliphatic carboxylic acids is 1. The number of aliphatic hydroxyl groups is 1. The minimum absolute atomic E-state index is 0.106. The zero-order chi connectivity index (χ0) is 39.0. The summed E-state index contributed by atoms with van der Waals surface area (Å²) in [6.45, 7) is 2.63. The number of likely N-dealkylation sites (tertiary alicyclic amines) is 1. The highest BCUT2D eigenvalue weighted by atomic mass is 32.2. The molecule has 1 saturated heterocycles. The van der Waals surface area contributed by atoms with E-state index in [1.54, 1.807) is 6.92 Å². The lowest BCUT2D eigenvalue weighted by Crippen LogP contribution is -2.58. The zero-order valence-electron chi connectivity index (χ0n) is 29.6. The topological polar surface area (TPSA) is 280 Å². The van der Waals surface area contributed by atoms with Crippen molar-refractivity contribution in [3.8, 4) is 0 Å². The number of aliphatic hydroxyl groups excluding tert-OH is 1. The molecule has 0 spiro atoms. The Bertz CT molecular complexity index is 1670. The van der Waals surface area contributed by atoms with Crippen LogP contribution in [0.1, 0.15) is 63.5 Å². The summed E-state index contributed by atoms with van der Waals surface area (Å²) < 4.78 is 0. The Kier molecular flexibility index (Phi) is 14.1. The number of hydrogen-bond donors (Lipinski definition) is 8. The number of fused-ring (bicyclic) bond motifs is 2. The molecule has 4 rings (SSSR count). The van der Waals surface area contributed by atoms with Gasteiger partial charge in [0.05, 0.1) is 25.1 Å². The maximum absolute atomic E-state index is 13.9. The number of nitrogens with zero attached hydrogens (tertiary/aromatic N) is 1. The molecular formula is C35H47N7O10S. The van der Waals surface area contributed by atoms with E-state index in [1.807, 2.05) is 31.2 Å². The molecule has 288 valence electrons. The van der Waals surface area contributed by atoms with Gasteiger partial charge in [-0.3, -0.25) is 33.6 Å². The molecule has 6 amide bonds. The average molecular weight is 758 g/mol. The summed E-state index contributed by atoms with van der Waals surface area (Å²) in [6, 6.07) is 1.10. The van der Waals surface area contributed by atoms with E-state index in [0.29, 0.717) is 12.8 Å². The molecule has 0 unspecified atom stereocenters. The second-order valence-corrected chi connectivity index (χ2v) is 14.7. The van der Waals surface area contributed by atoms with Crippen LogP contribution >= 0.6 is 11.8 Å². The molecule has 0 saturated carbocycles. The van der Waals surface area contributed by atoms with E-state index in [4.69, 9.17) is 11.5 Å². The van der Waals surface area contributed by atoms with E-state index < -0.39 is 90.7 Å². The third-order valence-electron chi connectivity index (χ3n) is 9.64. The predicted octanol–water partition coefficient (Wildman–Crippen LogP) is -1.69. The molecule has 18 heteroatoms. The normalized spacial score (nSPS) is 25.8. The van der Waals surface area contributed by atoms with Crippen LogP contribution in [0, 0.1) is 5.92 Å². The van der Waals surface area contributed by atoms with Gasteiger partial charge in [0.15, 0.2) is 0 Å². The van der Waals surface area contributed by atoms with Gasteiger partial charge >= 0.3 is 5.97 Å². The molecule has 2 heterocycles. The summed E-state index contributed by atoms with van der Waals surface area (Å²) in [7, 11) is 0. The molecule has 2 aliphatic heterocycles. The van der Waals surface area contributed by atoms with Crippen molar-refractivity contribution in [2.24, 2.45) is 17.4 Å². The van der Waals surface area contributed by atoms with Crippen molar-refractivity contribution in [2.45, 2.75) is 95.1 Å². The summed E-state index contributed by atoms with van der Waals surface area (Å²) in [5.41, 5.74) is 14.3. The van der Waals surface area contributed by atoms with Crippen molar-refractivity contribution >= 4 is 64.5 Å². The molecule has 1 aromatic rings. The maximum atomic E-state index is 13.9. The first-order chi connectivity index (χ1) is 25.1. The smallest absolute Gasteiger partial charge is 0.326 e. The molecule has 10 N–H and O–H groups in total. The van der Waals surface area contributed by atoms with Gasteiger partial charge in [0.25, 0.3) is 0 Å². The number of benzene rings is 1. The molecule has 1 fully saturated rings. The molecule has 17 nitrogen and oxygen atoms in total. The van der Waals surface area contributed by atoms with E-state index in [-0.39, 0.29) is 49.7 Å². The summed E-state index contributed by atoms with van der Waals surface area (Å²) in [5.74, 6) is -7.00. The lowest BCUT2D eigenvalue weighted by Gasteiger charge is -2.28. The van der Waals surface area contributed by atoms with E-state index >= 15 is 0 Å². The van der Waals surface area contributed by atoms with Gasteiger partial charge in [-0.2, -0.15) is 0 Å². The highest BCUT2D eigenvalue weighted by Gasteiger charge is 2.42. The lowest BCUT2D eigenvalue weighted by molar-refractivity contribution is -0.149. The number of nitrogens with two attached hydrogens (primary N) is 2. The number of ketones is 1. The second kappa shape index (κ2) is 18.3. The van der Waals surface area contributed by atoms with Gasteiger partial charge in [-0.05, 0) is 33.9 Å². The Balaban J connectivity index is 1.66. The van der Waals surface area contributed by atoms with Crippen LogP contribution in [0.2, 0.25) is 0 Å². The van der Waals surface area contributed by atoms with Gasteiger partial charge in [-0.15, -0.1) is 11.8 Å². The Morgan fingerprint density at radius 2 is 1.79 bits per heavy atom. The van der Waals surface area contributed by atoms with Gasteiger partial charge in [-0.1, -0.05) is 44.5 Å². The third kappa shape index (κ3) is 10.6. The van der Waals surface area contributed by atoms with Crippen molar-refractivity contribution in [2.75, 3.05) is 18.8 Å². The van der Waals surface area contributed by atoms with Crippen LogP contribution in [-0.2, 0) is 44.8 Å². The van der Waals surface area contributed by atoms with Gasteiger partial charge in [0, 0.05) is 38.0 Å². The van der Waals surface area contributed by atoms with Crippen LogP contribution in [0.25, 0.3) is 5.57 Å². The summed E-state index contributed by atoms with van der Waals surface area (Å²) >= 11 is 1.21. The molecule has 1 aliphatic carbocycles. The fourth-order valence-corrected chi connectivity index (χ4v) is 7.75. The summed E-state index contributed by atoms with van der Waals surface area (Å²) in [5, 5.41) is 29.9. The van der Waals surface area contributed by atoms with Gasteiger partial charge in [-0.25, -0.2) is 4.79 Å². The molecular weight excluding hydrogens is 710 g/mol. The number of nitrogens with one attached hydrogen (secondary N) is 4. The Hall–Kier alpha value is -4.81. The highest BCUT2D eigenvalue weighted by Crippen LogP contribution is 2.41. The number of β-amino-alcohol motifs (C(OH)–C–C–N with tert-alkyl or cyclic N) is 1. The van der Waals surface area contributed by atoms with Crippen LogP contribution in [-0.4, -0.2) is 117 Å². The van der Waals surface area contributed by atoms with Crippen LogP contribution in [0.3, 0.4) is 0 Å². The Morgan fingerprint density at radius 1 is 1.08 bits per heavy atom. The second-order valence-electron chi connectivity index (χ2n) is 13.6. The number of carbonyl (C=O) groups is 8. The minimum Gasteiger partial charge on any atom is -0.480 e. The first-order valence-electron chi connectivity index (χ1n) is 17.5. The zero-order valence-corrected chi connectivity index (χ0v) is 30.4. The average Bonchev–Trinajstić information content (AvgIpc) is 3.68. The fraction of sp³-hybridized carbons (Fsp3) is 0.543.